The fourth-order valence-corrected chi connectivity index (χ4v) is 6.31. The van der Waals surface area contributed by atoms with Crippen LogP contribution in [0.15, 0.2) is 114 Å². The molecule has 4 aromatic carbocycles. The summed E-state index contributed by atoms with van der Waals surface area (Å²) in [5, 5.41) is 3.18. The number of hydrogen-bond donors (Lipinski definition) is 1. The maximum Gasteiger partial charge on any atom is 0.296 e. The fraction of sp³-hybridized carbons (Fsp3) is 0.219. The average Bonchev–Trinajstić information content (AvgIpc) is 2.96. The number of carbonyl (C=O) groups excluding carboxylic acids is 1. The first-order valence-electron chi connectivity index (χ1n) is 12.8. The lowest BCUT2D eigenvalue weighted by Gasteiger charge is -2.41. The zero-order valence-corrected chi connectivity index (χ0v) is 22.2. The number of hydrogen-bond acceptors (Lipinski definition) is 4. The van der Waals surface area contributed by atoms with Gasteiger partial charge in [0.2, 0.25) is 5.91 Å². The second-order valence-corrected chi connectivity index (χ2v) is 11.4. The SMILES string of the molecule is Cc1ccc(S(=O)(=O)OCC2CCC(C(=O)NCc3ccccc3)(c3ccccc3)c3ccccc32)cc1. The fourth-order valence-electron chi connectivity index (χ4n) is 5.36. The monoisotopic (exact) mass is 525 g/mol. The van der Waals surface area contributed by atoms with E-state index in [0.717, 1.165) is 27.8 Å². The molecule has 6 heteroatoms. The lowest BCUT2D eigenvalue weighted by Crippen LogP contribution is -2.48. The van der Waals surface area contributed by atoms with Gasteiger partial charge in [0.15, 0.2) is 0 Å². The normalized spacial score (nSPS) is 18.9. The molecule has 1 aliphatic carbocycles. The van der Waals surface area contributed by atoms with Crippen LogP contribution in [0.1, 0.15) is 46.6 Å². The summed E-state index contributed by atoms with van der Waals surface area (Å²) in [5.74, 6) is -0.225. The van der Waals surface area contributed by atoms with Gasteiger partial charge in [-0.15, -0.1) is 0 Å². The van der Waals surface area contributed by atoms with Crippen molar-refractivity contribution in [2.75, 3.05) is 6.61 Å². The molecular formula is C32H31NO4S. The first-order valence-corrected chi connectivity index (χ1v) is 14.2. The van der Waals surface area contributed by atoms with Gasteiger partial charge in [0.1, 0.15) is 0 Å². The molecule has 2 atom stereocenters. The Morgan fingerprint density at radius 3 is 2.21 bits per heavy atom. The van der Waals surface area contributed by atoms with E-state index in [0.29, 0.717) is 19.4 Å². The van der Waals surface area contributed by atoms with Crippen LogP contribution < -0.4 is 5.32 Å². The van der Waals surface area contributed by atoms with Crippen molar-refractivity contribution in [2.45, 2.75) is 42.5 Å². The average molecular weight is 526 g/mol. The standard InChI is InChI=1S/C32H31NO4S/c1-24-16-18-28(19-17-24)38(35,36)37-23-26-20-21-32(27-12-6-3-7-13-27,30-15-9-8-14-29(26)30)31(34)33-22-25-10-4-2-5-11-25/h2-19,26H,20-23H2,1H3,(H,33,34). The zero-order valence-electron chi connectivity index (χ0n) is 21.3. The van der Waals surface area contributed by atoms with Crippen LogP contribution in [0.5, 0.6) is 0 Å². The van der Waals surface area contributed by atoms with Crippen LogP contribution in [0, 0.1) is 6.92 Å². The van der Waals surface area contributed by atoms with E-state index < -0.39 is 15.5 Å². The van der Waals surface area contributed by atoms with Crippen molar-refractivity contribution in [3.63, 3.8) is 0 Å². The Morgan fingerprint density at radius 1 is 0.868 bits per heavy atom. The van der Waals surface area contributed by atoms with Gasteiger partial charge in [-0.1, -0.05) is 103 Å². The summed E-state index contributed by atoms with van der Waals surface area (Å²) in [6, 6.07) is 34.2. The van der Waals surface area contributed by atoms with Crippen LogP contribution in [-0.2, 0) is 31.1 Å². The smallest absolute Gasteiger partial charge is 0.296 e. The van der Waals surface area contributed by atoms with Crippen molar-refractivity contribution >= 4 is 16.0 Å². The maximum absolute atomic E-state index is 14.1. The maximum atomic E-state index is 14.1. The van der Waals surface area contributed by atoms with Crippen LogP contribution >= 0.6 is 0 Å². The van der Waals surface area contributed by atoms with Crippen LogP contribution in [0.2, 0.25) is 0 Å². The summed E-state index contributed by atoms with van der Waals surface area (Å²) in [6.45, 7) is 2.35. The summed E-state index contributed by atoms with van der Waals surface area (Å²) in [6.07, 6.45) is 1.14. The van der Waals surface area contributed by atoms with Crippen LogP contribution in [0.4, 0.5) is 0 Å². The van der Waals surface area contributed by atoms with E-state index in [4.69, 9.17) is 4.18 Å². The number of aryl methyl sites for hydroxylation is 1. The van der Waals surface area contributed by atoms with Crippen LogP contribution in [0.25, 0.3) is 0 Å². The first-order chi connectivity index (χ1) is 18.4. The number of amides is 1. The Balaban J connectivity index is 1.46. The van der Waals surface area contributed by atoms with E-state index in [9.17, 15) is 13.2 Å². The molecule has 1 N–H and O–H groups in total. The third-order valence-electron chi connectivity index (χ3n) is 7.41. The van der Waals surface area contributed by atoms with E-state index >= 15 is 0 Å². The van der Waals surface area contributed by atoms with Crippen molar-refractivity contribution in [1.82, 2.24) is 5.32 Å². The second-order valence-electron chi connectivity index (χ2n) is 9.81. The minimum atomic E-state index is -3.89. The van der Waals surface area contributed by atoms with Gasteiger partial charge < -0.3 is 5.32 Å². The molecule has 0 aliphatic heterocycles. The van der Waals surface area contributed by atoms with Crippen LogP contribution in [-0.4, -0.2) is 20.9 Å². The number of fused-ring (bicyclic) bond motifs is 1. The molecule has 5 nitrogen and oxygen atoms in total. The first kappa shape index (κ1) is 25.9. The molecule has 0 spiro atoms. The van der Waals surface area contributed by atoms with Crippen LogP contribution in [0.3, 0.4) is 0 Å². The molecule has 1 amide bonds. The molecule has 0 heterocycles. The Labute approximate surface area is 224 Å². The van der Waals surface area contributed by atoms with Crippen molar-refractivity contribution in [3.8, 4) is 0 Å². The lowest BCUT2D eigenvalue weighted by molar-refractivity contribution is -0.126. The molecule has 0 aromatic heterocycles. The Kier molecular flexibility index (Phi) is 7.45. The summed E-state index contributed by atoms with van der Waals surface area (Å²) in [5.41, 5.74) is 3.87. The molecule has 0 radical (unpaired) electrons. The third kappa shape index (κ3) is 5.15. The second kappa shape index (κ2) is 10.9. The Hall–Kier alpha value is -3.74. The van der Waals surface area contributed by atoms with Gasteiger partial charge >= 0.3 is 0 Å². The zero-order chi connectivity index (χ0) is 26.6. The van der Waals surface area contributed by atoms with Gasteiger partial charge in [-0.3, -0.25) is 8.98 Å². The van der Waals surface area contributed by atoms with E-state index in [2.05, 4.69) is 5.32 Å². The highest BCUT2D eigenvalue weighted by atomic mass is 32.2. The van der Waals surface area contributed by atoms with E-state index in [1.54, 1.807) is 24.3 Å². The molecule has 4 aromatic rings. The molecule has 0 saturated heterocycles. The molecule has 0 fully saturated rings. The molecule has 38 heavy (non-hydrogen) atoms. The predicted molar refractivity (Wildman–Crippen MR) is 148 cm³/mol. The van der Waals surface area contributed by atoms with Crippen molar-refractivity contribution in [3.05, 3.63) is 137 Å². The van der Waals surface area contributed by atoms with E-state index in [-0.39, 0.29) is 23.3 Å². The molecule has 2 unspecified atom stereocenters. The summed E-state index contributed by atoms with van der Waals surface area (Å²) >= 11 is 0. The van der Waals surface area contributed by atoms with Crippen molar-refractivity contribution < 1.29 is 17.4 Å². The number of benzene rings is 4. The molecule has 194 valence electrons. The Bertz CT molecular complexity index is 1500. The summed E-state index contributed by atoms with van der Waals surface area (Å²) in [7, 11) is -3.89. The molecule has 1 aliphatic rings. The molecular weight excluding hydrogens is 494 g/mol. The Morgan fingerprint density at radius 2 is 1.50 bits per heavy atom. The van der Waals surface area contributed by atoms with Gasteiger partial charge in [-0.25, -0.2) is 0 Å². The quantitative estimate of drug-likeness (QED) is 0.292. The third-order valence-corrected chi connectivity index (χ3v) is 8.71. The molecule has 5 rings (SSSR count). The minimum Gasteiger partial charge on any atom is -0.351 e. The van der Waals surface area contributed by atoms with Gasteiger partial charge in [-0.05, 0) is 54.2 Å². The summed E-state index contributed by atoms with van der Waals surface area (Å²) < 4.78 is 31.3. The van der Waals surface area contributed by atoms with Gasteiger partial charge in [0.05, 0.1) is 16.9 Å². The molecule has 0 saturated carbocycles. The van der Waals surface area contributed by atoms with Gasteiger partial charge in [0, 0.05) is 12.5 Å². The minimum absolute atomic E-state index is 0.0176. The van der Waals surface area contributed by atoms with Crippen molar-refractivity contribution in [2.24, 2.45) is 0 Å². The van der Waals surface area contributed by atoms with Gasteiger partial charge in [-0.2, -0.15) is 8.42 Å². The summed E-state index contributed by atoms with van der Waals surface area (Å²) in [4.78, 5) is 14.2. The highest BCUT2D eigenvalue weighted by molar-refractivity contribution is 7.86. The van der Waals surface area contributed by atoms with Crippen molar-refractivity contribution in [1.29, 1.82) is 0 Å². The highest BCUT2D eigenvalue weighted by Crippen LogP contribution is 2.47. The highest BCUT2D eigenvalue weighted by Gasteiger charge is 2.47. The topological polar surface area (TPSA) is 72.5 Å². The molecule has 0 bridgehead atoms. The van der Waals surface area contributed by atoms with Gasteiger partial charge in [0.25, 0.3) is 10.1 Å². The number of rotatable bonds is 8. The van der Waals surface area contributed by atoms with E-state index in [1.807, 2.05) is 91.9 Å². The number of nitrogens with one attached hydrogen (secondary N) is 1. The predicted octanol–water partition coefficient (Wildman–Crippen LogP) is 5.88. The van der Waals surface area contributed by atoms with E-state index in [1.165, 1.54) is 0 Å². The number of carbonyl (C=O) groups is 1. The lowest BCUT2D eigenvalue weighted by atomic mass is 9.63. The largest absolute Gasteiger partial charge is 0.351 e.